The summed E-state index contributed by atoms with van der Waals surface area (Å²) in [5.41, 5.74) is 0.147. The molecule has 3 rings (SSSR count). The summed E-state index contributed by atoms with van der Waals surface area (Å²) < 4.78 is 28.5. The molecule has 0 spiro atoms. The Labute approximate surface area is 255 Å². The van der Waals surface area contributed by atoms with Crippen molar-refractivity contribution < 1.29 is 22.9 Å². The number of amides is 2. The van der Waals surface area contributed by atoms with Gasteiger partial charge in [-0.15, -0.1) is 0 Å². The van der Waals surface area contributed by atoms with Crippen LogP contribution in [0, 0.1) is 16.0 Å². The number of nitro groups is 1. The Morgan fingerprint density at radius 1 is 0.976 bits per heavy atom. The number of carbonyl (C=O) groups excluding carboxylic acids is 2. The smallest absolute Gasteiger partial charge is 0.271 e. The van der Waals surface area contributed by atoms with E-state index >= 15 is 0 Å². The maximum atomic E-state index is 14.1. The van der Waals surface area contributed by atoms with Crippen molar-refractivity contribution in [3.63, 3.8) is 0 Å². The zero-order valence-electron chi connectivity index (χ0n) is 23.4. The molecule has 3 aromatic rings. The first-order valence-corrected chi connectivity index (χ1v) is 15.4. The molecule has 0 aliphatic carbocycles. The molecule has 10 nitrogen and oxygen atoms in total. The predicted molar refractivity (Wildman–Crippen MR) is 163 cm³/mol. The lowest BCUT2D eigenvalue weighted by Gasteiger charge is -2.33. The van der Waals surface area contributed by atoms with Gasteiger partial charge in [-0.3, -0.25) is 24.0 Å². The van der Waals surface area contributed by atoms with E-state index in [1.165, 1.54) is 47.4 Å². The Bertz CT molecular complexity index is 1540. The van der Waals surface area contributed by atoms with Crippen LogP contribution in [-0.4, -0.2) is 49.2 Å². The van der Waals surface area contributed by atoms with Crippen LogP contribution in [0.15, 0.2) is 77.7 Å². The highest BCUT2D eigenvalue weighted by atomic mass is 35.5. The molecule has 224 valence electrons. The van der Waals surface area contributed by atoms with E-state index in [1.54, 1.807) is 31.2 Å². The van der Waals surface area contributed by atoms with E-state index in [2.05, 4.69) is 5.32 Å². The van der Waals surface area contributed by atoms with Gasteiger partial charge in [0.15, 0.2) is 0 Å². The van der Waals surface area contributed by atoms with Crippen molar-refractivity contribution in [1.29, 1.82) is 0 Å². The summed E-state index contributed by atoms with van der Waals surface area (Å²) in [5, 5.41) is 14.9. The third kappa shape index (κ3) is 8.21. The van der Waals surface area contributed by atoms with Gasteiger partial charge in [0, 0.05) is 25.2 Å². The maximum Gasteiger partial charge on any atom is 0.271 e. The van der Waals surface area contributed by atoms with Gasteiger partial charge in [-0.05, 0) is 48.2 Å². The zero-order valence-corrected chi connectivity index (χ0v) is 25.7. The van der Waals surface area contributed by atoms with Crippen LogP contribution in [0.5, 0.6) is 0 Å². The molecule has 0 unspecified atom stereocenters. The van der Waals surface area contributed by atoms with Crippen LogP contribution in [0.2, 0.25) is 10.0 Å². The SMILES string of the molecule is CC[C@H](C(=O)NCC(C)C)N(Cc1ccc(Cl)c(Cl)c1)C(=O)CN(c1cccc([N+](=O)[O-])c1)S(=O)(=O)c1ccccc1. The Balaban J connectivity index is 2.09. The number of sulfonamides is 1. The number of rotatable bonds is 13. The molecule has 42 heavy (non-hydrogen) atoms. The lowest BCUT2D eigenvalue weighted by Crippen LogP contribution is -2.52. The second-order valence-corrected chi connectivity index (χ2v) is 12.6. The fraction of sp³-hybridized carbons (Fsp3) is 0.310. The van der Waals surface area contributed by atoms with Crippen molar-refractivity contribution in [1.82, 2.24) is 10.2 Å². The van der Waals surface area contributed by atoms with Crippen LogP contribution in [0.4, 0.5) is 11.4 Å². The van der Waals surface area contributed by atoms with Crippen molar-refractivity contribution in [3.8, 4) is 0 Å². The molecule has 0 fully saturated rings. The number of nitrogens with zero attached hydrogens (tertiary/aromatic N) is 3. The minimum absolute atomic E-state index is 0.0719. The number of nitro benzene ring substituents is 1. The second-order valence-electron chi connectivity index (χ2n) is 9.93. The van der Waals surface area contributed by atoms with Crippen LogP contribution in [-0.2, 0) is 26.2 Å². The molecule has 2 amide bonds. The van der Waals surface area contributed by atoms with Gasteiger partial charge in [0.1, 0.15) is 12.6 Å². The van der Waals surface area contributed by atoms with Gasteiger partial charge in [-0.2, -0.15) is 0 Å². The second kappa shape index (κ2) is 14.5. The molecule has 0 radical (unpaired) electrons. The van der Waals surface area contributed by atoms with E-state index in [4.69, 9.17) is 23.2 Å². The molecule has 1 N–H and O–H groups in total. The fourth-order valence-corrected chi connectivity index (χ4v) is 5.93. The monoisotopic (exact) mass is 634 g/mol. The highest BCUT2D eigenvalue weighted by molar-refractivity contribution is 7.92. The van der Waals surface area contributed by atoms with Crippen molar-refractivity contribution in [3.05, 3.63) is 98.5 Å². The number of halogens is 2. The Morgan fingerprint density at radius 2 is 1.67 bits per heavy atom. The molecule has 0 aromatic heterocycles. The van der Waals surface area contributed by atoms with Crippen molar-refractivity contribution in [2.24, 2.45) is 5.92 Å². The molecule has 13 heteroatoms. The summed E-state index contributed by atoms with van der Waals surface area (Å²) in [4.78, 5) is 39.4. The lowest BCUT2D eigenvalue weighted by molar-refractivity contribution is -0.384. The highest BCUT2D eigenvalue weighted by Crippen LogP contribution is 2.28. The molecule has 0 saturated heterocycles. The summed E-state index contributed by atoms with van der Waals surface area (Å²) in [6.45, 7) is 5.20. The molecular weight excluding hydrogens is 603 g/mol. The summed E-state index contributed by atoms with van der Waals surface area (Å²) in [5.74, 6) is -0.933. The van der Waals surface area contributed by atoms with Crippen LogP contribution in [0.3, 0.4) is 0 Å². The van der Waals surface area contributed by atoms with Gasteiger partial charge in [0.2, 0.25) is 11.8 Å². The van der Waals surface area contributed by atoms with Gasteiger partial charge in [0.05, 0.1) is 25.6 Å². The summed E-state index contributed by atoms with van der Waals surface area (Å²) in [7, 11) is -4.36. The highest BCUT2D eigenvalue weighted by Gasteiger charge is 2.34. The number of hydrogen-bond acceptors (Lipinski definition) is 6. The van der Waals surface area contributed by atoms with Crippen molar-refractivity contribution in [2.45, 2.75) is 44.7 Å². The van der Waals surface area contributed by atoms with Gasteiger partial charge in [-0.1, -0.05) is 74.3 Å². The Morgan fingerprint density at radius 3 is 2.26 bits per heavy atom. The third-order valence-electron chi connectivity index (χ3n) is 6.35. The van der Waals surface area contributed by atoms with Crippen LogP contribution >= 0.6 is 23.2 Å². The van der Waals surface area contributed by atoms with E-state index in [-0.39, 0.29) is 40.2 Å². The first-order valence-electron chi connectivity index (χ1n) is 13.2. The number of carbonyl (C=O) groups is 2. The fourth-order valence-electron chi connectivity index (χ4n) is 4.19. The minimum Gasteiger partial charge on any atom is -0.354 e. The molecule has 0 aliphatic heterocycles. The van der Waals surface area contributed by atoms with Gasteiger partial charge >= 0.3 is 0 Å². The van der Waals surface area contributed by atoms with E-state index in [9.17, 15) is 28.1 Å². The number of benzene rings is 3. The van der Waals surface area contributed by atoms with Crippen molar-refractivity contribution >= 4 is 56.4 Å². The zero-order chi connectivity index (χ0) is 31.0. The summed E-state index contributed by atoms with van der Waals surface area (Å²) in [6, 6.07) is 16.3. The Hall–Kier alpha value is -3.67. The summed E-state index contributed by atoms with van der Waals surface area (Å²) >= 11 is 12.3. The Kier molecular flexibility index (Phi) is 11.3. The quantitative estimate of drug-likeness (QED) is 0.190. The molecule has 0 heterocycles. The van der Waals surface area contributed by atoms with E-state index in [0.717, 1.165) is 10.4 Å². The average molecular weight is 636 g/mol. The maximum absolute atomic E-state index is 14.1. The molecule has 0 bridgehead atoms. The van der Waals surface area contributed by atoms with Gasteiger partial charge < -0.3 is 10.2 Å². The third-order valence-corrected chi connectivity index (χ3v) is 8.87. The summed E-state index contributed by atoms with van der Waals surface area (Å²) in [6.07, 6.45) is 0.235. The van der Waals surface area contributed by atoms with E-state index in [0.29, 0.717) is 17.1 Å². The van der Waals surface area contributed by atoms with Crippen LogP contribution in [0.1, 0.15) is 32.8 Å². The van der Waals surface area contributed by atoms with Gasteiger partial charge in [-0.25, -0.2) is 8.42 Å². The standard InChI is InChI=1S/C29H32Cl2N4O6S/c1-4-27(29(37)32-17-20(2)3)33(18-21-13-14-25(30)26(31)15-21)28(36)19-34(22-9-8-10-23(16-22)35(38)39)42(40,41)24-11-6-5-7-12-24/h5-16,20,27H,4,17-19H2,1-3H3,(H,32,37)/t27-/m1/s1. The number of hydrogen-bond donors (Lipinski definition) is 1. The molecule has 3 aromatic carbocycles. The molecule has 1 atom stereocenters. The topological polar surface area (TPSA) is 130 Å². The van der Waals surface area contributed by atoms with Gasteiger partial charge in [0.25, 0.3) is 15.7 Å². The number of non-ortho nitro benzene ring substituents is 1. The average Bonchev–Trinajstić information content (AvgIpc) is 2.96. The first-order chi connectivity index (χ1) is 19.8. The predicted octanol–water partition coefficient (Wildman–Crippen LogP) is 5.68. The van der Waals surface area contributed by atoms with Crippen LogP contribution in [0.25, 0.3) is 0 Å². The largest absolute Gasteiger partial charge is 0.354 e. The number of anilines is 1. The van der Waals surface area contributed by atoms with Crippen molar-refractivity contribution in [2.75, 3.05) is 17.4 Å². The minimum atomic E-state index is -4.36. The number of nitrogens with one attached hydrogen (secondary N) is 1. The van der Waals surface area contributed by atoms with E-state index < -0.39 is 39.3 Å². The lowest BCUT2D eigenvalue weighted by atomic mass is 10.1. The first kappa shape index (κ1) is 32.8. The molecule has 0 saturated carbocycles. The molecule has 0 aliphatic rings. The van der Waals surface area contributed by atoms with Crippen LogP contribution < -0.4 is 9.62 Å². The van der Waals surface area contributed by atoms with E-state index in [1.807, 2.05) is 13.8 Å². The normalized spacial score (nSPS) is 12.0. The molecular formula is C29H32Cl2N4O6S.